The lowest BCUT2D eigenvalue weighted by Gasteiger charge is -2.45. The average Bonchev–Trinajstić information content (AvgIpc) is 2.97. The van der Waals surface area contributed by atoms with Crippen LogP contribution < -0.4 is 20.1 Å². The summed E-state index contributed by atoms with van der Waals surface area (Å²) in [5, 5.41) is 18.9. The van der Waals surface area contributed by atoms with E-state index in [0.717, 1.165) is 4.90 Å². The number of fused-ring (bicyclic) bond motifs is 1. The van der Waals surface area contributed by atoms with Crippen LogP contribution in [0.15, 0.2) is 36.5 Å². The molecule has 4 rings (SSSR count). The van der Waals surface area contributed by atoms with Gasteiger partial charge in [0.1, 0.15) is 11.5 Å². The summed E-state index contributed by atoms with van der Waals surface area (Å²) >= 11 is 0. The van der Waals surface area contributed by atoms with Gasteiger partial charge in [0.25, 0.3) is 0 Å². The molecule has 2 aromatic heterocycles. The van der Waals surface area contributed by atoms with Crippen molar-refractivity contribution in [2.75, 3.05) is 18.6 Å². The number of hydrogen-bond donors (Lipinski definition) is 3. The van der Waals surface area contributed by atoms with E-state index in [-0.39, 0.29) is 78.4 Å². The van der Waals surface area contributed by atoms with Gasteiger partial charge in [-0.05, 0) is 49.1 Å². The molecule has 0 saturated carbocycles. The first-order chi connectivity index (χ1) is 21.5. The van der Waals surface area contributed by atoms with Crippen molar-refractivity contribution in [3.63, 3.8) is 0 Å². The molecule has 0 aliphatic carbocycles. The van der Waals surface area contributed by atoms with Gasteiger partial charge in [0.2, 0.25) is 5.88 Å². The maximum Gasteiger partial charge on any atom is 0.416 e. The highest BCUT2D eigenvalue weighted by Gasteiger charge is 2.47. The predicted octanol–water partition coefficient (Wildman–Crippen LogP) is 5.84. The smallest absolute Gasteiger partial charge is 0.416 e. The number of nitrogens with zero attached hydrogens (tertiary/aromatic N) is 4. The van der Waals surface area contributed by atoms with Gasteiger partial charge < -0.3 is 25.4 Å². The van der Waals surface area contributed by atoms with Crippen LogP contribution in [-0.2, 0) is 23.6 Å². The molecule has 1 aliphatic heterocycles. The second-order valence-electron chi connectivity index (χ2n) is 10.6. The minimum Gasteiger partial charge on any atom is -0.490 e. The lowest BCUT2D eigenvalue weighted by molar-refractivity contribution is -0.143. The third-order valence-corrected chi connectivity index (χ3v) is 7.43. The highest BCUT2D eigenvalue weighted by molar-refractivity contribution is 5.89. The third kappa shape index (κ3) is 7.41. The minimum absolute atomic E-state index is 0.00813. The van der Waals surface area contributed by atoms with Crippen molar-refractivity contribution >= 4 is 17.7 Å². The Kier molecular flexibility index (Phi) is 9.65. The van der Waals surface area contributed by atoms with Crippen LogP contribution >= 0.6 is 0 Å². The van der Waals surface area contributed by atoms with Crippen molar-refractivity contribution in [2.24, 2.45) is 5.73 Å². The van der Waals surface area contributed by atoms with Gasteiger partial charge in [-0.15, -0.1) is 0 Å². The van der Waals surface area contributed by atoms with E-state index in [2.05, 4.69) is 15.0 Å². The van der Waals surface area contributed by atoms with Gasteiger partial charge in [-0.3, -0.25) is 9.69 Å². The van der Waals surface area contributed by atoms with E-state index >= 15 is 0 Å². The zero-order valence-electron chi connectivity index (χ0n) is 24.4. The molecule has 1 amide bonds. The fourth-order valence-corrected chi connectivity index (χ4v) is 5.16. The van der Waals surface area contributed by atoms with Crippen molar-refractivity contribution in [1.29, 1.82) is 0 Å². The fraction of sp³-hybridized carbons (Fsp3) is 0.414. The molecule has 248 valence electrons. The number of carbonyl (C=O) groups is 2. The summed E-state index contributed by atoms with van der Waals surface area (Å²) in [5.74, 6) is -1.98. The van der Waals surface area contributed by atoms with E-state index in [9.17, 15) is 41.0 Å². The number of anilines is 1. The Hall–Kier alpha value is -4.67. The van der Waals surface area contributed by atoms with Crippen molar-refractivity contribution in [3.8, 4) is 11.6 Å². The molecule has 3 aromatic rings. The van der Waals surface area contributed by atoms with Crippen LogP contribution in [0, 0.1) is 0 Å². The summed E-state index contributed by atoms with van der Waals surface area (Å²) in [6, 6.07) is 4.02. The molecular formula is C29H29F6N5O6. The van der Waals surface area contributed by atoms with E-state index < -0.39 is 53.5 Å². The molecule has 0 fully saturated rings. The number of carboxylic acids is 1. The summed E-state index contributed by atoms with van der Waals surface area (Å²) in [4.78, 5) is 37.4. The maximum atomic E-state index is 13.6. The van der Waals surface area contributed by atoms with Crippen LogP contribution in [0.1, 0.15) is 72.4 Å². The Morgan fingerprint density at radius 3 is 2.26 bits per heavy atom. The predicted molar refractivity (Wildman–Crippen MR) is 149 cm³/mol. The van der Waals surface area contributed by atoms with Crippen LogP contribution in [-0.4, -0.2) is 56.6 Å². The molecule has 2 atom stereocenters. The van der Waals surface area contributed by atoms with Crippen LogP contribution in [0.3, 0.4) is 0 Å². The Balaban J connectivity index is 1.86. The number of hydrogen-bond acceptors (Lipinski definition) is 8. The SMILES string of the molecule is CC[C@]1(N)C[C@H](c2ncc(OCCCC(=O)O)c(Cc3cc(C(F)(F)F)cc(C(F)(F)F)c3)n2)c2nc(OC)ccc2N1C(=O)O. The second-order valence-corrected chi connectivity index (χ2v) is 10.6. The number of methoxy groups -OCH3 is 1. The molecule has 3 heterocycles. The van der Waals surface area contributed by atoms with Gasteiger partial charge in [-0.1, -0.05) is 6.92 Å². The van der Waals surface area contributed by atoms with Crippen molar-refractivity contribution < 1.29 is 55.6 Å². The van der Waals surface area contributed by atoms with Gasteiger partial charge in [0.05, 0.1) is 54.0 Å². The number of rotatable bonds is 10. The van der Waals surface area contributed by atoms with Gasteiger partial charge in [0, 0.05) is 18.9 Å². The number of aromatic nitrogens is 3. The summed E-state index contributed by atoms with van der Waals surface area (Å²) in [7, 11) is 1.34. The van der Waals surface area contributed by atoms with E-state index in [1.807, 2.05) is 0 Å². The number of ether oxygens (including phenoxy) is 2. The van der Waals surface area contributed by atoms with Gasteiger partial charge in [-0.25, -0.2) is 19.7 Å². The molecule has 0 radical (unpaired) electrons. The van der Waals surface area contributed by atoms with Crippen molar-refractivity contribution in [2.45, 2.75) is 63.0 Å². The van der Waals surface area contributed by atoms with Crippen molar-refractivity contribution in [1.82, 2.24) is 15.0 Å². The minimum atomic E-state index is -5.08. The zero-order valence-corrected chi connectivity index (χ0v) is 24.4. The topological polar surface area (TPSA) is 161 Å². The van der Waals surface area contributed by atoms with Crippen LogP contribution in [0.5, 0.6) is 11.6 Å². The lowest BCUT2D eigenvalue weighted by atomic mass is 9.83. The number of halogens is 6. The number of amides is 1. The van der Waals surface area contributed by atoms with E-state index in [4.69, 9.17) is 20.3 Å². The Labute approximate surface area is 258 Å². The highest BCUT2D eigenvalue weighted by atomic mass is 19.4. The third-order valence-electron chi connectivity index (χ3n) is 7.43. The first kappa shape index (κ1) is 34.2. The maximum absolute atomic E-state index is 13.6. The number of benzene rings is 1. The van der Waals surface area contributed by atoms with Gasteiger partial charge in [0.15, 0.2) is 5.75 Å². The fourth-order valence-electron chi connectivity index (χ4n) is 5.16. The van der Waals surface area contributed by atoms with Crippen LogP contribution in [0.2, 0.25) is 0 Å². The molecule has 0 bridgehead atoms. The molecule has 46 heavy (non-hydrogen) atoms. The summed E-state index contributed by atoms with van der Waals surface area (Å²) < 4.78 is 92.4. The van der Waals surface area contributed by atoms with Gasteiger partial charge in [-0.2, -0.15) is 26.3 Å². The molecule has 1 aliphatic rings. The molecule has 0 saturated heterocycles. The van der Waals surface area contributed by atoms with Crippen molar-refractivity contribution in [3.05, 3.63) is 70.4 Å². The first-order valence-corrected chi connectivity index (χ1v) is 13.8. The largest absolute Gasteiger partial charge is 0.490 e. The number of alkyl halides is 6. The Morgan fingerprint density at radius 2 is 1.72 bits per heavy atom. The molecule has 0 unspecified atom stereocenters. The van der Waals surface area contributed by atoms with Crippen LogP contribution in [0.25, 0.3) is 0 Å². The Morgan fingerprint density at radius 1 is 1.07 bits per heavy atom. The molecule has 1 aromatic carbocycles. The van der Waals surface area contributed by atoms with E-state index in [1.54, 1.807) is 6.92 Å². The van der Waals surface area contributed by atoms with E-state index in [1.165, 1.54) is 25.4 Å². The highest BCUT2D eigenvalue weighted by Crippen LogP contribution is 2.45. The Bertz CT molecular complexity index is 1590. The second kappa shape index (κ2) is 13.0. The standard InChI is InChI=1S/C29H29F6N5O6/c1-3-27(36)13-18(24-20(40(27)26(43)44)6-7-22(39-24)45-2)25-37-14-21(46-8-4-5-23(41)42)19(38-25)11-15-9-16(28(30,31)32)12-17(10-15)29(33,34)35/h6-7,9-10,12,14,18H,3-5,8,11,13,36H2,1-2H3,(H,41,42)(H,43,44)/t18-,27+/m0/s1. The number of aliphatic carboxylic acids is 1. The molecular weight excluding hydrogens is 628 g/mol. The number of carboxylic acid groups (broad SMARTS) is 2. The summed E-state index contributed by atoms with van der Waals surface area (Å²) in [5.41, 5.74) is 1.86. The van der Waals surface area contributed by atoms with Crippen LogP contribution in [0.4, 0.5) is 36.8 Å². The molecule has 0 spiro atoms. The number of pyridine rings is 1. The molecule has 17 heteroatoms. The van der Waals surface area contributed by atoms with Gasteiger partial charge >= 0.3 is 24.4 Å². The average molecular weight is 658 g/mol. The quantitative estimate of drug-likeness (QED) is 0.179. The monoisotopic (exact) mass is 657 g/mol. The zero-order chi connectivity index (χ0) is 34.0. The molecule has 11 nitrogen and oxygen atoms in total. The summed E-state index contributed by atoms with van der Waals surface area (Å²) in [6.45, 7) is 1.50. The van der Waals surface area contributed by atoms with E-state index in [0.29, 0.717) is 12.1 Å². The normalized spacial score (nSPS) is 18.2. The molecule has 4 N–H and O–H groups in total. The number of nitrogens with two attached hydrogens (primary N) is 1. The first-order valence-electron chi connectivity index (χ1n) is 13.8. The summed E-state index contributed by atoms with van der Waals surface area (Å²) in [6.07, 6.45) is -11.1. The lowest BCUT2D eigenvalue weighted by Crippen LogP contribution is -2.61.